The van der Waals surface area contributed by atoms with E-state index in [-0.39, 0.29) is 5.91 Å². The Kier molecular flexibility index (Phi) is 4.58. The van der Waals surface area contributed by atoms with Crippen LogP contribution in [0.25, 0.3) is 10.2 Å². The Morgan fingerprint density at radius 3 is 2.87 bits per heavy atom. The largest absolute Gasteiger partial charge is 0.397 e. The molecule has 0 fully saturated rings. The molecule has 0 radical (unpaired) electrons. The van der Waals surface area contributed by atoms with Crippen molar-refractivity contribution in [2.24, 2.45) is 0 Å². The average Bonchev–Trinajstić information content (AvgIpc) is 3.08. The summed E-state index contributed by atoms with van der Waals surface area (Å²) in [7, 11) is 0. The van der Waals surface area contributed by atoms with Crippen LogP contribution in [0.5, 0.6) is 0 Å². The maximum Gasteiger partial charge on any atom is 0.269 e. The summed E-state index contributed by atoms with van der Waals surface area (Å²) >= 11 is 2.74. The van der Waals surface area contributed by atoms with Crippen molar-refractivity contribution in [2.75, 3.05) is 11.1 Å². The zero-order valence-corrected chi connectivity index (χ0v) is 14.7. The number of hydrogen-bond acceptors (Lipinski definition) is 6. The molecule has 23 heavy (non-hydrogen) atoms. The number of pyridine rings is 1. The van der Waals surface area contributed by atoms with Gasteiger partial charge < -0.3 is 5.73 Å². The predicted octanol–water partition coefficient (Wildman–Crippen LogP) is 4.24. The van der Waals surface area contributed by atoms with Gasteiger partial charge in [0, 0.05) is 16.5 Å². The summed E-state index contributed by atoms with van der Waals surface area (Å²) < 4.78 is 0. The fourth-order valence-electron chi connectivity index (χ4n) is 2.27. The summed E-state index contributed by atoms with van der Waals surface area (Å²) in [6.45, 7) is 4.05. The Balaban J connectivity index is 1.88. The maximum absolute atomic E-state index is 12.4. The van der Waals surface area contributed by atoms with Crippen LogP contribution in [-0.4, -0.2) is 15.9 Å². The van der Waals surface area contributed by atoms with E-state index in [9.17, 15) is 4.79 Å². The second kappa shape index (κ2) is 6.64. The van der Waals surface area contributed by atoms with E-state index in [0.717, 1.165) is 40.9 Å². The lowest BCUT2D eigenvalue weighted by atomic mass is 10.1. The predicted molar refractivity (Wildman–Crippen MR) is 97.4 cm³/mol. The molecular formula is C16H18N4OS2. The lowest BCUT2D eigenvalue weighted by Crippen LogP contribution is -2.11. The van der Waals surface area contributed by atoms with E-state index in [0.29, 0.717) is 15.7 Å². The van der Waals surface area contributed by atoms with Crippen molar-refractivity contribution in [1.29, 1.82) is 0 Å². The number of fused-ring (bicyclic) bond motifs is 1. The van der Waals surface area contributed by atoms with E-state index in [1.54, 1.807) is 0 Å². The first-order valence-corrected chi connectivity index (χ1v) is 9.19. The van der Waals surface area contributed by atoms with E-state index in [1.807, 2.05) is 24.4 Å². The molecule has 3 rings (SSSR count). The van der Waals surface area contributed by atoms with Crippen molar-refractivity contribution in [3.63, 3.8) is 0 Å². The first-order chi connectivity index (χ1) is 11.1. The Morgan fingerprint density at radius 1 is 1.35 bits per heavy atom. The number of nitrogens with zero attached hydrogens (tertiary/aromatic N) is 2. The molecule has 0 atom stereocenters. The van der Waals surface area contributed by atoms with Crippen LogP contribution in [0.15, 0.2) is 17.5 Å². The third-order valence-electron chi connectivity index (χ3n) is 3.48. The molecule has 0 spiro atoms. The van der Waals surface area contributed by atoms with Crippen molar-refractivity contribution < 1.29 is 4.79 Å². The molecular weight excluding hydrogens is 328 g/mol. The Labute approximate surface area is 142 Å². The van der Waals surface area contributed by atoms with Crippen LogP contribution in [0.2, 0.25) is 0 Å². The molecule has 3 heterocycles. The van der Waals surface area contributed by atoms with E-state index in [1.165, 1.54) is 22.7 Å². The molecule has 0 unspecified atom stereocenters. The second-order valence-corrected chi connectivity index (χ2v) is 7.21. The van der Waals surface area contributed by atoms with Crippen LogP contribution in [0, 0.1) is 6.92 Å². The number of anilines is 2. The highest BCUT2D eigenvalue weighted by Gasteiger charge is 2.18. The number of hydrogen-bond donors (Lipinski definition) is 2. The molecule has 0 aliphatic rings. The highest BCUT2D eigenvalue weighted by molar-refractivity contribution is 7.21. The lowest BCUT2D eigenvalue weighted by molar-refractivity contribution is 0.103. The number of carbonyl (C=O) groups is 1. The lowest BCUT2D eigenvalue weighted by Gasteiger charge is -2.00. The van der Waals surface area contributed by atoms with Gasteiger partial charge in [-0.25, -0.2) is 9.97 Å². The van der Waals surface area contributed by atoms with Crippen LogP contribution in [0.1, 0.15) is 40.8 Å². The molecule has 0 bridgehead atoms. The molecule has 3 aromatic heterocycles. The minimum atomic E-state index is -0.227. The summed E-state index contributed by atoms with van der Waals surface area (Å²) in [5.74, 6) is -0.227. The molecule has 0 aliphatic heterocycles. The summed E-state index contributed by atoms with van der Waals surface area (Å²) in [5, 5.41) is 6.12. The van der Waals surface area contributed by atoms with Gasteiger partial charge in [-0.2, -0.15) is 0 Å². The van der Waals surface area contributed by atoms with Gasteiger partial charge in [-0.05, 0) is 31.9 Å². The van der Waals surface area contributed by atoms with Crippen molar-refractivity contribution in [3.05, 3.63) is 33.8 Å². The number of carbonyl (C=O) groups excluding carboxylic acids is 1. The molecule has 5 nitrogen and oxygen atoms in total. The van der Waals surface area contributed by atoms with Crippen molar-refractivity contribution in [3.8, 4) is 0 Å². The standard InChI is InChI=1S/C16H18N4OS2/c1-3-4-5-10-6-7-11-12(17)13(23-15(11)19-10)14(21)20-16-18-9(2)8-22-16/h6-8H,3-5,17H2,1-2H3,(H,18,20,21). The molecule has 0 aromatic carbocycles. The first kappa shape index (κ1) is 15.9. The number of aryl methyl sites for hydroxylation is 2. The van der Waals surface area contributed by atoms with E-state index >= 15 is 0 Å². The molecule has 7 heteroatoms. The number of thiazole rings is 1. The highest BCUT2D eigenvalue weighted by Crippen LogP contribution is 2.33. The zero-order valence-electron chi connectivity index (χ0n) is 13.0. The molecule has 3 aromatic rings. The quantitative estimate of drug-likeness (QED) is 0.724. The fraction of sp³-hybridized carbons (Fsp3) is 0.312. The van der Waals surface area contributed by atoms with Gasteiger partial charge in [0.05, 0.1) is 11.4 Å². The third kappa shape index (κ3) is 3.35. The van der Waals surface area contributed by atoms with Crippen LogP contribution in [-0.2, 0) is 6.42 Å². The number of nitrogen functional groups attached to an aromatic ring is 1. The summed E-state index contributed by atoms with van der Waals surface area (Å²) in [5.41, 5.74) is 8.56. The second-order valence-electron chi connectivity index (χ2n) is 5.35. The van der Waals surface area contributed by atoms with Gasteiger partial charge in [0.2, 0.25) is 0 Å². The van der Waals surface area contributed by atoms with E-state index in [2.05, 4.69) is 22.2 Å². The third-order valence-corrected chi connectivity index (χ3v) is 5.47. The first-order valence-electron chi connectivity index (χ1n) is 7.50. The minimum absolute atomic E-state index is 0.227. The molecule has 0 saturated heterocycles. The summed E-state index contributed by atoms with van der Waals surface area (Å²) in [6.07, 6.45) is 3.19. The Morgan fingerprint density at radius 2 is 2.17 bits per heavy atom. The zero-order chi connectivity index (χ0) is 16.4. The number of nitrogens with two attached hydrogens (primary N) is 1. The molecule has 0 aliphatic carbocycles. The molecule has 120 valence electrons. The van der Waals surface area contributed by atoms with Gasteiger partial charge in [0.25, 0.3) is 5.91 Å². The number of aromatic nitrogens is 2. The molecule has 3 N–H and O–H groups in total. The van der Waals surface area contributed by atoms with Crippen molar-refractivity contribution in [2.45, 2.75) is 33.1 Å². The van der Waals surface area contributed by atoms with Crippen molar-refractivity contribution in [1.82, 2.24) is 9.97 Å². The smallest absolute Gasteiger partial charge is 0.269 e. The minimum Gasteiger partial charge on any atom is -0.397 e. The normalized spacial score (nSPS) is 11.0. The number of unbranched alkanes of at least 4 members (excludes halogenated alkanes) is 1. The summed E-state index contributed by atoms with van der Waals surface area (Å²) in [4.78, 5) is 22.6. The number of thiophene rings is 1. The maximum atomic E-state index is 12.4. The van der Waals surface area contributed by atoms with E-state index < -0.39 is 0 Å². The van der Waals surface area contributed by atoms with Gasteiger partial charge in [0.1, 0.15) is 9.71 Å². The van der Waals surface area contributed by atoms with Gasteiger partial charge >= 0.3 is 0 Å². The summed E-state index contributed by atoms with van der Waals surface area (Å²) in [6, 6.07) is 3.95. The fourth-order valence-corrected chi connectivity index (χ4v) is 3.96. The van der Waals surface area contributed by atoms with E-state index in [4.69, 9.17) is 5.73 Å². The van der Waals surface area contributed by atoms with Crippen LogP contribution in [0.3, 0.4) is 0 Å². The average molecular weight is 346 g/mol. The molecule has 1 amide bonds. The Bertz CT molecular complexity index is 853. The van der Waals surface area contributed by atoms with Gasteiger partial charge in [-0.1, -0.05) is 13.3 Å². The monoisotopic (exact) mass is 346 g/mol. The van der Waals surface area contributed by atoms with Crippen LogP contribution < -0.4 is 11.1 Å². The van der Waals surface area contributed by atoms with Gasteiger partial charge in [0.15, 0.2) is 5.13 Å². The number of amides is 1. The van der Waals surface area contributed by atoms with Crippen LogP contribution in [0.4, 0.5) is 10.8 Å². The topological polar surface area (TPSA) is 80.9 Å². The molecule has 0 saturated carbocycles. The number of nitrogens with one attached hydrogen (secondary N) is 1. The van der Waals surface area contributed by atoms with Crippen molar-refractivity contribution >= 4 is 49.6 Å². The SMILES string of the molecule is CCCCc1ccc2c(N)c(C(=O)Nc3nc(C)cs3)sc2n1. The number of rotatable bonds is 5. The van der Waals surface area contributed by atoms with Crippen LogP contribution >= 0.6 is 22.7 Å². The highest BCUT2D eigenvalue weighted by atomic mass is 32.1. The van der Waals surface area contributed by atoms with Gasteiger partial charge in [-0.15, -0.1) is 22.7 Å². The van der Waals surface area contributed by atoms with Gasteiger partial charge in [-0.3, -0.25) is 10.1 Å². The Hall–Kier alpha value is -1.99.